The van der Waals surface area contributed by atoms with Crippen LogP contribution in [0.4, 0.5) is 11.4 Å². The van der Waals surface area contributed by atoms with Crippen molar-refractivity contribution in [3.05, 3.63) is 76.2 Å². The maximum atomic E-state index is 12.5. The van der Waals surface area contributed by atoms with Crippen molar-refractivity contribution < 1.29 is 19.1 Å². The van der Waals surface area contributed by atoms with E-state index in [9.17, 15) is 14.4 Å². The molecule has 1 aliphatic rings. The summed E-state index contributed by atoms with van der Waals surface area (Å²) in [5.74, 6) is 0.458. The molecule has 0 spiro atoms. The van der Waals surface area contributed by atoms with E-state index < -0.39 is 11.5 Å². The molecule has 2 amide bonds. The number of amides is 2. The zero-order valence-electron chi connectivity index (χ0n) is 17.5. The van der Waals surface area contributed by atoms with Gasteiger partial charge in [-0.2, -0.15) is 5.10 Å². The Kier molecular flexibility index (Phi) is 6.16. The first kappa shape index (κ1) is 21.1. The minimum absolute atomic E-state index is 0.00427. The lowest BCUT2D eigenvalue weighted by molar-refractivity contribution is -0.116. The summed E-state index contributed by atoms with van der Waals surface area (Å²) in [4.78, 5) is 37.0. The van der Waals surface area contributed by atoms with Crippen molar-refractivity contribution in [3.8, 4) is 11.5 Å². The van der Waals surface area contributed by atoms with Gasteiger partial charge in [0.05, 0.1) is 6.54 Å². The van der Waals surface area contributed by atoms with Gasteiger partial charge in [-0.05, 0) is 42.8 Å². The van der Waals surface area contributed by atoms with Crippen LogP contribution in [-0.4, -0.2) is 34.8 Å². The van der Waals surface area contributed by atoms with Crippen LogP contribution in [0.25, 0.3) is 0 Å². The number of carbonyl (C=O) groups is 2. The minimum Gasteiger partial charge on any atom is -0.486 e. The highest BCUT2D eigenvalue weighted by Gasteiger charge is 2.14. The summed E-state index contributed by atoms with van der Waals surface area (Å²) in [6, 6.07) is 15.1. The van der Waals surface area contributed by atoms with E-state index in [1.165, 1.54) is 12.1 Å². The van der Waals surface area contributed by atoms with Crippen LogP contribution in [-0.2, 0) is 11.3 Å². The molecule has 2 N–H and O–H groups in total. The molecule has 9 heteroatoms. The van der Waals surface area contributed by atoms with E-state index in [4.69, 9.17) is 9.47 Å². The van der Waals surface area contributed by atoms with E-state index >= 15 is 0 Å². The van der Waals surface area contributed by atoms with E-state index in [1.54, 1.807) is 24.3 Å². The van der Waals surface area contributed by atoms with Crippen molar-refractivity contribution in [2.24, 2.45) is 0 Å². The van der Waals surface area contributed by atoms with E-state index in [0.717, 1.165) is 10.2 Å². The Morgan fingerprint density at radius 2 is 1.75 bits per heavy atom. The fraction of sp³-hybridized carbons (Fsp3) is 0.217. The molecule has 0 fully saturated rings. The van der Waals surface area contributed by atoms with Gasteiger partial charge in [0.15, 0.2) is 11.5 Å². The van der Waals surface area contributed by atoms with E-state index in [0.29, 0.717) is 36.1 Å². The molecular formula is C23H22N4O5. The molecule has 0 aliphatic carbocycles. The summed E-state index contributed by atoms with van der Waals surface area (Å²) in [7, 11) is 0. The van der Waals surface area contributed by atoms with Crippen molar-refractivity contribution >= 4 is 23.2 Å². The molecule has 0 atom stereocenters. The van der Waals surface area contributed by atoms with Gasteiger partial charge < -0.3 is 20.1 Å². The van der Waals surface area contributed by atoms with Crippen molar-refractivity contribution in [2.75, 3.05) is 23.8 Å². The molecular weight excluding hydrogens is 412 g/mol. The van der Waals surface area contributed by atoms with Gasteiger partial charge in [-0.3, -0.25) is 14.4 Å². The number of benzene rings is 2. The monoisotopic (exact) mass is 434 g/mol. The lowest BCUT2D eigenvalue weighted by Crippen LogP contribution is -2.28. The van der Waals surface area contributed by atoms with Gasteiger partial charge in [-0.25, -0.2) is 4.68 Å². The first-order valence-electron chi connectivity index (χ1n) is 10.1. The van der Waals surface area contributed by atoms with Crippen LogP contribution in [0.1, 0.15) is 22.5 Å². The molecule has 9 nitrogen and oxygen atoms in total. The predicted molar refractivity (Wildman–Crippen MR) is 118 cm³/mol. The highest BCUT2D eigenvalue weighted by molar-refractivity contribution is 6.02. The molecule has 0 bridgehead atoms. The maximum Gasteiger partial charge on any atom is 0.276 e. The Morgan fingerprint density at radius 1 is 0.969 bits per heavy atom. The first-order valence-corrected chi connectivity index (χ1v) is 10.1. The molecule has 3 aromatic rings. The van der Waals surface area contributed by atoms with Crippen LogP contribution < -0.4 is 25.7 Å². The number of aryl methyl sites for hydroxylation is 2. The van der Waals surface area contributed by atoms with Crippen molar-refractivity contribution in [1.29, 1.82) is 0 Å². The van der Waals surface area contributed by atoms with E-state index in [-0.39, 0.29) is 24.6 Å². The topological polar surface area (TPSA) is 112 Å². The number of ether oxygens (including phenoxy) is 2. The Bertz CT molecular complexity index is 1220. The number of fused-ring (bicyclic) bond motifs is 1. The molecule has 1 aromatic heterocycles. The number of hydrogen-bond donors (Lipinski definition) is 2. The molecule has 164 valence electrons. The summed E-state index contributed by atoms with van der Waals surface area (Å²) >= 11 is 0. The Labute approximate surface area is 184 Å². The third kappa shape index (κ3) is 5.12. The van der Waals surface area contributed by atoms with Crippen LogP contribution in [0.5, 0.6) is 11.5 Å². The summed E-state index contributed by atoms with van der Waals surface area (Å²) in [6.45, 7) is 2.89. The molecule has 4 rings (SSSR count). The number of nitrogens with one attached hydrogen (secondary N) is 2. The number of anilines is 2. The smallest absolute Gasteiger partial charge is 0.276 e. The first-order chi connectivity index (χ1) is 15.5. The van der Waals surface area contributed by atoms with Gasteiger partial charge in [0.2, 0.25) is 5.91 Å². The van der Waals surface area contributed by atoms with Gasteiger partial charge in [0, 0.05) is 29.9 Å². The van der Waals surface area contributed by atoms with E-state index in [2.05, 4.69) is 15.7 Å². The zero-order valence-corrected chi connectivity index (χ0v) is 17.5. The van der Waals surface area contributed by atoms with E-state index in [1.807, 2.05) is 25.1 Å². The Balaban J connectivity index is 1.38. The number of aromatic nitrogens is 2. The average molecular weight is 434 g/mol. The summed E-state index contributed by atoms with van der Waals surface area (Å²) < 4.78 is 12.1. The van der Waals surface area contributed by atoms with Crippen LogP contribution in [0.2, 0.25) is 0 Å². The lowest BCUT2D eigenvalue weighted by Gasteiger charge is -2.19. The van der Waals surface area contributed by atoms with Crippen LogP contribution >= 0.6 is 0 Å². The summed E-state index contributed by atoms with van der Waals surface area (Å²) in [6.07, 6.45) is 0.00427. The summed E-state index contributed by atoms with van der Waals surface area (Å²) in [5, 5.41) is 9.61. The van der Waals surface area contributed by atoms with Crippen LogP contribution in [0.15, 0.2) is 59.4 Å². The molecule has 1 aliphatic heterocycles. The fourth-order valence-corrected chi connectivity index (χ4v) is 3.20. The number of nitrogens with zero attached hydrogens (tertiary/aromatic N) is 2. The normalized spacial score (nSPS) is 12.2. The number of rotatable bonds is 6. The average Bonchev–Trinajstić information content (AvgIpc) is 2.78. The molecule has 0 saturated heterocycles. The molecule has 2 heterocycles. The predicted octanol–water partition coefficient (Wildman–Crippen LogP) is 2.60. The standard InChI is InChI=1S/C23H22N4O5/c1-15-3-2-4-16(13-15)25-23(30)18-6-8-22(29)27(26-18)10-9-21(28)24-17-5-7-19-20(14-17)32-12-11-31-19/h2-8,13-14H,9-12H2,1H3,(H,24,28)(H,25,30). The quantitative estimate of drug-likeness (QED) is 0.617. The number of carbonyl (C=O) groups excluding carboxylic acids is 2. The molecule has 32 heavy (non-hydrogen) atoms. The van der Waals surface area contributed by atoms with Gasteiger partial charge >= 0.3 is 0 Å². The van der Waals surface area contributed by atoms with Gasteiger partial charge in [-0.1, -0.05) is 12.1 Å². The molecule has 0 unspecified atom stereocenters. The second kappa shape index (κ2) is 9.34. The fourth-order valence-electron chi connectivity index (χ4n) is 3.20. The van der Waals surface area contributed by atoms with Gasteiger partial charge in [0.25, 0.3) is 11.5 Å². The largest absolute Gasteiger partial charge is 0.486 e. The molecule has 0 saturated carbocycles. The van der Waals surface area contributed by atoms with Gasteiger partial charge in [0.1, 0.15) is 18.9 Å². The zero-order chi connectivity index (χ0) is 22.5. The summed E-state index contributed by atoms with van der Waals surface area (Å²) in [5.41, 5.74) is 1.88. The van der Waals surface area contributed by atoms with Crippen LogP contribution in [0.3, 0.4) is 0 Å². The minimum atomic E-state index is -0.440. The highest BCUT2D eigenvalue weighted by atomic mass is 16.6. The highest BCUT2D eigenvalue weighted by Crippen LogP contribution is 2.32. The third-order valence-corrected chi connectivity index (χ3v) is 4.75. The third-order valence-electron chi connectivity index (χ3n) is 4.75. The van der Waals surface area contributed by atoms with Crippen molar-refractivity contribution in [3.63, 3.8) is 0 Å². The number of hydrogen-bond acceptors (Lipinski definition) is 6. The molecule has 2 aromatic carbocycles. The SMILES string of the molecule is Cc1cccc(NC(=O)c2ccc(=O)n(CCC(=O)Nc3ccc4c(c3)OCCO4)n2)c1. The van der Waals surface area contributed by atoms with Crippen molar-refractivity contribution in [2.45, 2.75) is 19.9 Å². The second-order valence-corrected chi connectivity index (χ2v) is 7.26. The van der Waals surface area contributed by atoms with Crippen molar-refractivity contribution in [1.82, 2.24) is 9.78 Å². The Hall–Kier alpha value is -4.14. The second-order valence-electron chi connectivity index (χ2n) is 7.26. The molecule has 0 radical (unpaired) electrons. The maximum absolute atomic E-state index is 12.5. The Morgan fingerprint density at radius 3 is 2.56 bits per heavy atom. The van der Waals surface area contributed by atoms with Crippen LogP contribution in [0, 0.1) is 6.92 Å². The van der Waals surface area contributed by atoms with Gasteiger partial charge in [-0.15, -0.1) is 0 Å². The lowest BCUT2D eigenvalue weighted by atomic mass is 10.2.